The Bertz CT molecular complexity index is 330. The number of hydrogen-bond acceptors (Lipinski definition) is 2. The van der Waals surface area contributed by atoms with E-state index in [1.165, 1.54) is 18.2 Å². The minimum Gasteiger partial charge on any atom is -0.409 e. The average Bonchev–Trinajstić information content (AvgIpc) is 2.16. The minimum absolute atomic E-state index is 0.00400. The number of rotatable bonds is 2. The van der Waals surface area contributed by atoms with Crippen molar-refractivity contribution in [2.75, 3.05) is 0 Å². The molecule has 0 spiro atoms. The van der Waals surface area contributed by atoms with Crippen LogP contribution in [-0.4, -0.2) is 11.0 Å². The second-order valence-electron chi connectivity index (χ2n) is 2.41. The molecular weight excluding hydrogens is 171 g/mol. The molecule has 0 saturated carbocycles. The highest BCUT2D eigenvalue weighted by molar-refractivity contribution is 5.94. The van der Waals surface area contributed by atoms with Gasteiger partial charge in [0.1, 0.15) is 5.82 Å². The molecule has 0 fully saturated rings. The van der Waals surface area contributed by atoms with Gasteiger partial charge in [0.15, 0.2) is 5.84 Å². The topological polar surface area (TPSA) is 58.6 Å². The van der Waals surface area contributed by atoms with Crippen LogP contribution < -0.4 is 5.73 Å². The lowest BCUT2D eigenvalue weighted by Crippen LogP contribution is -2.06. The van der Waals surface area contributed by atoms with Crippen LogP contribution in [0.5, 0.6) is 0 Å². The molecule has 68 valence electrons. The molecule has 0 aliphatic carbocycles. The lowest BCUT2D eigenvalue weighted by Gasteiger charge is -1.92. The second kappa shape index (κ2) is 4.25. The number of nitrogens with zero attached hydrogens (tertiary/aromatic N) is 1. The summed E-state index contributed by atoms with van der Waals surface area (Å²) in [5, 5.41) is 11.0. The van der Waals surface area contributed by atoms with Crippen LogP contribution in [0.25, 0.3) is 6.08 Å². The van der Waals surface area contributed by atoms with Gasteiger partial charge in [-0.05, 0) is 23.8 Å². The van der Waals surface area contributed by atoms with E-state index in [0.29, 0.717) is 0 Å². The molecule has 0 saturated heterocycles. The van der Waals surface area contributed by atoms with Gasteiger partial charge in [-0.3, -0.25) is 0 Å². The standard InChI is InChI=1S/C9H9FN2O/c10-8-4-1-7(2-5-8)3-6-9(11)12-13/h1-6,13H,(H2,11,12). The maximum absolute atomic E-state index is 12.4. The molecule has 3 N–H and O–H groups in total. The van der Waals surface area contributed by atoms with Gasteiger partial charge in [-0.25, -0.2) is 4.39 Å². The molecule has 0 atom stereocenters. The van der Waals surface area contributed by atoms with E-state index in [9.17, 15) is 4.39 Å². The van der Waals surface area contributed by atoms with E-state index in [1.807, 2.05) is 0 Å². The lowest BCUT2D eigenvalue weighted by atomic mass is 10.2. The maximum Gasteiger partial charge on any atom is 0.162 e. The Morgan fingerprint density at radius 1 is 1.38 bits per heavy atom. The van der Waals surface area contributed by atoms with E-state index in [-0.39, 0.29) is 11.7 Å². The summed E-state index contributed by atoms with van der Waals surface area (Å²) in [5.74, 6) is -0.287. The van der Waals surface area contributed by atoms with Crippen molar-refractivity contribution in [3.05, 3.63) is 41.7 Å². The van der Waals surface area contributed by atoms with Crippen molar-refractivity contribution in [3.8, 4) is 0 Å². The van der Waals surface area contributed by atoms with E-state index < -0.39 is 0 Å². The number of hydrogen-bond donors (Lipinski definition) is 2. The molecule has 1 aromatic rings. The van der Waals surface area contributed by atoms with Gasteiger partial charge in [0.25, 0.3) is 0 Å². The average molecular weight is 180 g/mol. The Kier molecular flexibility index (Phi) is 3.03. The van der Waals surface area contributed by atoms with Crippen LogP contribution in [0.1, 0.15) is 5.56 Å². The summed E-state index contributed by atoms with van der Waals surface area (Å²) in [4.78, 5) is 0. The molecule has 1 aromatic carbocycles. The van der Waals surface area contributed by atoms with Gasteiger partial charge < -0.3 is 10.9 Å². The monoisotopic (exact) mass is 180 g/mol. The van der Waals surface area contributed by atoms with Crippen molar-refractivity contribution in [2.45, 2.75) is 0 Å². The third kappa shape index (κ3) is 2.94. The van der Waals surface area contributed by atoms with Crippen LogP contribution in [0.4, 0.5) is 4.39 Å². The third-order valence-corrected chi connectivity index (χ3v) is 1.43. The normalized spacial score (nSPS) is 12.2. The molecule has 0 aliphatic rings. The van der Waals surface area contributed by atoms with Crippen LogP contribution in [-0.2, 0) is 0 Å². The highest BCUT2D eigenvalue weighted by Gasteiger charge is 1.89. The largest absolute Gasteiger partial charge is 0.409 e. The van der Waals surface area contributed by atoms with Gasteiger partial charge in [0.2, 0.25) is 0 Å². The Balaban J connectivity index is 2.75. The molecule has 0 aromatic heterocycles. The number of oxime groups is 1. The van der Waals surface area contributed by atoms with Crippen LogP contribution in [0.3, 0.4) is 0 Å². The Morgan fingerprint density at radius 2 is 2.00 bits per heavy atom. The fraction of sp³-hybridized carbons (Fsp3) is 0. The van der Waals surface area contributed by atoms with Crippen molar-refractivity contribution >= 4 is 11.9 Å². The molecule has 0 unspecified atom stereocenters. The molecule has 13 heavy (non-hydrogen) atoms. The van der Waals surface area contributed by atoms with E-state index >= 15 is 0 Å². The number of benzene rings is 1. The summed E-state index contributed by atoms with van der Waals surface area (Å²) < 4.78 is 12.4. The SMILES string of the molecule is NC(C=Cc1ccc(F)cc1)=NO. The molecule has 0 heterocycles. The molecular formula is C9H9FN2O. The van der Waals surface area contributed by atoms with Crippen molar-refractivity contribution in [1.29, 1.82) is 0 Å². The third-order valence-electron chi connectivity index (χ3n) is 1.43. The summed E-state index contributed by atoms with van der Waals surface area (Å²) in [6, 6.07) is 5.87. The molecule has 3 nitrogen and oxygen atoms in total. The molecule has 4 heteroatoms. The summed E-state index contributed by atoms with van der Waals surface area (Å²) in [7, 11) is 0. The van der Waals surface area contributed by atoms with Crippen molar-refractivity contribution in [1.82, 2.24) is 0 Å². The van der Waals surface area contributed by atoms with Crippen LogP contribution in [0, 0.1) is 5.82 Å². The molecule has 0 bridgehead atoms. The first-order chi connectivity index (χ1) is 6.22. The summed E-state index contributed by atoms with van der Waals surface area (Å²) in [6.07, 6.45) is 3.04. The van der Waals surface area contributed by atoms with Gasteiger partial charge >= 0.3 is 0 Å². The fourth-order valence-electron chi connectivity index (χ4n) is 0.789. The van der Waals surface area contributed by atoms with E-state index in [0.717, 1.165) is 5.56 Å². The first-order valence-corrected chi connectivity index (χ1v) is 3.63. The quantitative estimate of drug-likeness (QED) is 0.314. The van der Waals surface area contributed by atoms with Gasteiger partial charge in [-0.2, -0.15) is 0 Å². The summed E-state index contributed by atoms with van der Waals surface area (Å²) >= 11 is 0. The fourth-order valence-corrected chi connectivity index (χ4v) is 0.789. The summed E-state index contributed by atoms with van der Waals surface area (Å²) in [6.45, 7) is 0. The number of halogens is 1. The first-order valence-electron chi connectivity index (χ1n) is 3.63. The minimum atomic E-state index is -0.291. The van der Waals surface area contributed by atoms with Crippen LogP contribution in [0.2, 0.25) is 0 Å². The maximum atomic E-state index is 12.4. The Hall–Kier alpha value is -1.84. The number of nitrogens with two attached hydrogens (primary N) is 1. The van der Waals surface area contributed by atoms with E-state index in [4.69, 9.17) is 10.9 Å². The molecule has 0 amide bonds. The van der Waals surface area contributed by atoms with Gasteiger partial charge in [0.05, 0.1) is 0 Å². The Morgan fingerprint density at radius 3 is 2.54 bits per heavy atom. The van der Waals surface area contributed by atoms with Crippen LogP contribution >= 0.6 is 0 Å². The summed E-state index contributed by atoms with van der Waals surface area (Å²) in [5.41, 5.74) is 5.98. The van der Waals surface area contributed by atoms with Gasteiger partial charge in [-0.1, -0.05) is 23.4 Å². The van der Waals surface area contributed by atoms with Crippen molar-refractivity contribution < 1.29 is 9.60 Å². The first kappa shape index (κ1) is 9.25. The zero-order chi connectivity index (χ0) is 9.68. The highest BCUT2D eigenvalue weighted by atomic mass is 19.1. The predicted octanol–water partition coefficient (Wildman–Crippen LogP) is 1.59. The van der Waals surface area contributed by atoms with Gasteiger partial charge in [-0.15, -0.1) is 0 Å². The predicted molar refractivity (Wildman–Crippen MR) is 48.8 cm³/mol. The highest BCUT2D eigenvalue weighted by Crippen LogP contribution is 2.04. The zero-order valence-electron chi connectivity index (χ0n) is 6.81. The van der Waals surface area contributed by atoms with Gasteiger partial charge in [0, 0.05) is 0 Å². The molecule has 0 radical (unpaired) electrons. The molecule has 0 aliphatic heterocycles. The van der Waals surface area contributed by atoms with Crippen molar-refractivity contribution in [3.63, 3.8) is 0 Å². The Labute approximate surface area is 75.0 Å². The second-order valence-corrected chi connectivity index (χ2v) is 2.41. The smallest absolute Gasteiger partial charge is 0.162 e. The van der Waals surface area contributed by atoms with Crippen LogP contribution in [0.15, 0.2) is 35.5 Å². The van der Waals surface area contributed by atoms with Crippen molar-refractivity contribution in [2.24, 2.45) is 10.9 Å². The number of amidine groups is 1. The zero-order valence-corrected chi connectivity index (χ0v) is 6.81. The molecule has 1 rings (SSSR count). The lowest BCUT2D eigenvalue weighted by molar-refractivity contribution is 0.319. The van der Waals surface area contributed by atoms with E-state index in [1.54, 1.807) is 18.2 Å². The van der Waals surface area contributed by atoms with E-state index in [2.05, 4.69) is 5.16 Å².